The molecule has 0 aliphatic carbocycles. The average Bonchev–Trinajstić information content (AvgIpc) is 2.46. The zero-order valence-corrected chi connectivity index (χ0v) is 10.3. The van der Waals surface area contributed by atoms with Crippen LogP contribution < -0.4 is 11.1 Å². The quantitative estimate of drug-likeness (QED) is 0.629. The molecule has 1 heterocycles. The Labute approximate surface area is 113 Å². The Morgan fingerprint density at radius 3 is 2.45 bits per heavy atom. The number of hydrogen-bond acceptors (Lipinski definition) is 6. The Morgan fingerprint density at radius 2 is 1.90 bits per heavy atom. The number of rotatable bonds is 4. The molecular formula is C12H11N5O3. The van der Waals surface area contributed by atoms with Crippen molar-refractivity contribution in [2.75, 3.05) is 5.73 Å². The van der Waals surface area contributed by atoms with Gasteiger partial charge in [0.1, 0.15) is 5.82 Å². The lowest BCUT2D eigenvalue weighted by molar-refractivity contribution is -0.384. The first-order valence-corrected chi connectivity index (χ1v) is 5.67. The van der Waals surface area contributed by atoms with E-state index in [1.165, 1.54) is 24.3 Å². The van der Waals surface area contributed by atoms with Crippen LogP contribution in [0.5, 0.6) is 0 Å². The lowest BCUT2D eigenvalue weighted by atomic mass is 10.2. The number of anilines is 1. The predicted octanol–water partition coefficient (Wildman–Crippen LogP) is 0.897. The summed E-state index contributed by atoms with van der Waals surface area (Å²) < 4.78 is 0. The summed E-state index contributed by atoms with van der Waals surface area (Å²) in [4.78, 5) is 21.8. The fourth-order valence-corrected chi connectivity index (χ4v) is 1.47. The summed E-state index contributed by atoms with van der Waals surface area (Å²) in [5, 5.41) is 20.4. The Morgan fingerprint density at radius 1 is 1.20 bits per heavy atom. The molecule has 1 aromatic carbocycles. The number of carbonyl (C=O) groups excluding carboxylic acids is 1. The molecule has 0 atom stereocenters. The van der Waals surface area contributed by atoms with Crippen LogP contribution in [0.2, 0.25) is 0 Å². The molecule has 8 nitrogen and oxygen atoms in total. The van der Waals surface area contributed by atoms with Crippen LogP contribution in [0.3, 0.4) is 0 Å². The van der Waals surface area contributed by atoms with Gasteiger partial charge in [0.15, 0.2) is 5.69 Å². The van der Waals surface area contributed by atoms with Crippen molar-refractivity contribution >= 4 is 17.4 Å². The standard InChI is InChI=1S/C12H11N5O3/c13-11-6-5-10(15-16-11)12(18)14-7-8-1-3-9(4-2-8)17(19)20/h1-6H,7H2,(H2,13,16)(H,14,18). The molecule has 0 aliphatic rings. The van der Waals surface area contributed by atoms with Gasteiger partial charge in [0.05, 0.1) is 4.92 Å². The molecule has 0 radical (unpaired) electrons. The van der Waals surface area contributed by atoms with Crippen LogP contribution in [0.1, 0.15) is 16.1 Å². The van der Waals surface area contributed by atoms with Crippen molar-refractivity contribution in [3.05, 3.63) is 57.8 Å². The molecule has 0 spiro atoms. The van der Waals surface area contributed by atoms with Crippen molar-refractivity contribution in [3.8, 4) is 0 Å². The number of nitrogen functional groups attached to an aromatic ring is 1. The van der Waals surface area contributed by atoms with Crippen molar-refractivity contribution in [3.63, 3.8) is 0 Å². The van der Waals surface area contributed by atoms with Crippen LogP contribution in [-0.2, 0) is 6.54 Å². The highest BCUT2D eigenvalue weighted by atomic mass is 16.6. The van der Waals surface area contributed by atoms with Crippen molar-refractivity contribution in [1.29, 1.82) is 0 Å². The van der Waals surface area contributed by atoms with Gasteiger partial charge in [0.25, 0.3) is 11.6 Å². The van der Waals surface area contributed by atoms with Gasteiger partial charge >= 0.3 is 0 Å². The predicted molar refractivity (Wildman–Crippen MR) is 70.7 cm³/mol. The summed E-state index contributed by atoms with van der Waals surface area (Å²) >= 11 is 0. The molecule has 0 unspecified atom stereocenters. The van der Waals surface area contributed by atoms with Gasteiger partial charge in [0, 0.05) is 18.7 Å². The van der Waals surface area contributed by atoms with Gasteiger partial charge in [-0.05, 0) is 17.7 Å². The highest BCUT2D eigenvalue weighted by Gasteiger charge is 2.08. The Hall–Kier alpha value is -3.03. The number of nitrogens with two attached hydrogens (primary N) is 1. The minimum atomic E-state index is -0.480. The summed E-state index contributed by atoms with van der Waals surface area (Å²) in [6, 6.07) is 8.86. The van der Waals surface area contributed by atoms with Crippen LogP contribution in [0.4, 0.5) is 11.5 Å². The minimum absolute atomic E-state index is 0.00415. The Bertz CT molecular complexity index is 625. The number of carbonyl (C=O) groups is 1. The first kappa shape index (κ1) is 13.4. The maximum absolute atomic E-state index is 11.7. The van der Waals surface area contributed by atoms with Gasteiger partial charge in [-0.3, -0.25) is 14.9 Å². The molecule has 0 aliphatic heterocycles. The highest BCUT2D eigenvalue weighted by Crippen LogP contribution is 2.11. The van der Waals surface area contributed by atoms with Crippen molar-refractivity contribution < 1.29 is 9.72 Å². The highest BCUT2D eigenvalue weighted by molar-refractivity contribution is 5.92. The molecule has 0 fully saturated rings. The maximum Gasteiger partial charge on any atom is 0.272 e. The lowest BCUT2D eigenvalue weighted by Gasteiger charge is -2.04. The normalized spacial score (nSPS) is 10.0. The number of nitro benzene ring substituents is 1. The summed E-state index contributed by atoms with van der Waals surface area (Å²) in [5.74, 6) is -0.159. The van der Waals surface area contributed by atoms with E-state index in [0.29, 0.717) is 0 Å². The molecule has 0 saturated carbocycles. The fraction of sp³-hybridized carbons (Fsp3) is 0.0833. The molecule has 2 rings (SSSR count). The molecule has 0 bridgehead atoms. The van der Waals surface area contributed by atoms with E-state index in [0.717, 1.165) is 5.56 Å². The van der Waals surface area contributed by atoms with Crippen molar-refractivity contribution in [2.45, 2.75) is 6.54 Å². The third-order valence-electron chi connectivity index (χ3n) is 2.52. The number of benzene rings is 1. The monoisotopic (exact) mass is 273 g/mol. The van der Waals surface area contributed by atoms with Crippen LogP contribution in [0.15, 0.2) is 36.4 Å². The van der Waals surface area contributed by atoms with Crippen LogP contribution in [0.25, 0.3) is 0 Å². The van der Waals surface area contributed by atoms with Crippen molar-refractivity contribution in [1.82, 2.24) is 15.5 Å². The minimum Gasteiger partial charge on any atom is -0.382 e. The Balaban J connectivity index is 1.96. The zero-order chi connectivity index (χ0) is 14.5. The number of nitro groups is 1. The first-order chi connectivity index (χ1) is 9.56. The summed E-state index contributed by atoms with van der Waals surface area (Å²) in [6.45, 7) is 0.239. The van der Waals surface area contributed by atoms with Gasteiger partial charge in [-0.25, -0.2) is 0 Å². The molecule has 8 heteroatoms. The molecule has 1 amide bonds. The number of nitrogens with one attached hydrogen (secondary N) is 1. The third kappa shape index (κ3) is 3.25. The summed E-state index contributed by atoms with van der Waals surface area (Å²) in [5.41, 5.74) is 6.27. The summed E-state index contributed by atoms with van der Waals surface area (Å²) in [6.07, 6.45) is 0. The maximum atomic E-state index is 11.7. The Kier molecular flexibility index (Phi) is 3.85. The average molecular weight is 273 g/mol. The van der Waals surface area contributed by atoms with Gasteiger partial charge in [-0.2, -0.15) is 0 Å². The van der Waals surface area contributed by atoms with Crippen LogP contribution in [0, 0.1) is 10.1 Å². The number of nitrogens with zero attached hydrogens (tertiary/aromatic N) is 3. The second-order valence-corrected chi connectivity index (χ2v) is 3.95. The third-order valence-corrected chi connectivity index (χ3v) is 2.52. The van der Waals surface area contributed by atoms with E-state index in [1.807, 2.05) is 0 Å². The molecular weight excluding hydrogens is 262 g/mol. The fourth-order valence-electron chi connectivity index (χ4n) is 1.47. The van der Waals surface area contributed by atoms with Gasteiger partial charge in [0.2, 0.25) is 0 Å². The first-order valence-electron chi connectivity index (χ1n) is 5.67. The van der Waals surface area contributed by atoms with E-state index in [2.05, 4.69) is 15.5 Å². The van der Waals surface area contributed by atoms with E-state index < -0.39 is 10.8 Å². The number of hydrogen-bond donors (Lipinski definition) is 2. The zero-order valence-electron chi connectivity index (χ0n) is 10.3. The smallest absolute Gasteiger partial charge is 0.272 e. The second kappa shape index (κ2) is 5.74. The largest absolute Gasteiger partial charge is 0.382 e. The number of amides is 1. The number of non-ortho nitro benzene ring substituents is 1. The van der Waals surface area contributed by atoms with E-state index in [9.17, 15) is 14.9 Å². The van der Waals surface area contributed by atoms with Gasteiger partial charge in [-0.15, -0.1) is 10.2 Å². The lowest BCUT2D eigenvalue weighted by Crippen LogP contribution is -2.24. The second-order valence-electron chi connectivity index (χ2n) is 3.95. The van der Waals surface area contributed by atoms with E-state index in [-0.39, 0.29) is 23.7 Å². The molecule has 0 saturated heterocycles. The molecule has 102 valence electrons. The van der Waals surface area contributed by atoms with E-state index in [1.54, 1.807) is 12.1 Å². The van der Waals surface area contributed by atoms with Crippen LogP contribution >= 0.6 is 0 Å². The molecule has 20 heavy (non-hydrogen) atoms. The topological polar surface area (TPSA) is 124 Å². The van der Waals surface area contributed by atoms with Crippen LogP contribution in [-0.4, -0.2) is 21.0 Å². The SMILES string of the molecule is Nc1ccc(C(=O)NCc2ccc([N+](=O)[O-])cc2)nn1. The summed E-state index contributed by atoms with van der Waals surface area (Å²) in [7, 11) is 0. The van der Waals surface area contributed by atoms with Gasteiger partial charge < -0.3 is 11.1 Å². The molecule has 3 N–H and O–H groups in total. The van der Waals surface area contributed by atoms with E-state index >= 15 is 0 Å². The molecule has 2 aromatic rings. The van der Waals surface area contributed by atoms with Gasteiger partial charge in [-0.1, -0.05) is 12.1 Å². The van der Waals surface area contributed by atoms with Crippen molar-refractivity contribution in [2.24, 2.45) is 0 Å². The molecule has 1 aromatic heterocycles. The van der Waals surface area contributed by atoms with E-state index in [4.69, 9.17) is 5.73 Å². The number of aromatic nitrogens is 2.